The van der Waals surface area contributed by atoms with Gasteiger partial charge in [-0.05, 0) is 12.1 Å². The van der Waals surface area contributed by atoms with Crippen molar-refractivity contribution in [3.05, 3.63) is 29.2 Å². The van der Waals surface area contributed by atoms with Crippen LogP contribution in [0, 0.1) is 0 Å². The van der Waals surface area contributed by atoms with E-state index in [0.717, 1.165) is 0 Å². The van der Waals surface area contributed by atoms with Crippen LogP contribution in [0.15, 0.2) is 22.7 Å². The van der Waals surface area contributed by atoms with Crippen molar-refractivity contribution in [3.8, 4) is 11.6 Å². The van der Waals surface area contributed by atoms with Crippen molar-refractivity contribution < 1.29 is 4.42 Å². The molecule has 0 aliphatic carbocycles. The van der Waals surface area contributed by atoms with E-state index in [9.17, 15) is 0 Å². The van der Waals surface area contributed by atoms with Crippen LogP contribution >= 0.6 is 11.6 Å². The van der Waals surface area contributed by atoms with Crippen molar-refractivity contribution in [2.24, 2.45) is 5.73 Å². The van der Waals surface area contributed by atoms with E-state index in [1.54, 1.807) is 18.3 Å². The van der Waals surface area contributed by atoms with E-state index in [1.165, 1.54) is 0 Å². The van der Waals surface area contributed by atoms with E-state index in [4.69, 9.17) is 21.8 Å². The summed E-state index contributed by atoms with van der Waals surface area (Å²) in [5.74, 6) is 0.703. The van der Waals surface area contributed by atoms with Crippen molar-refractivity contribution in [1.29, 1.82) is 0 Å². The van der Waals surface area contributed by atoms with Gasteiger partial charge in [0.1, 0.15) is 5.69 Å². The highest BCUT2D eigenvalue weighted by Gasteiger charge is 2.08. The zero-order valence-corrected chi connectivity index (χ0v) is 7.90. The summed E-state index contributed by atoms with van der Waals surface area (Å²) in [6, 6.07) is 3.32. The van der Waals surface area contributed by atoms with Gasteiger partial charge in [0, 0.05) is 11.2 Å². The second-order valence-corrected chi connectivity index (χ2v) is 3.00. The van der Waals surface area contributed by atoms with Crippen LogP contribution in [0.4, 0.5) is 0 Å². The molecule has 0 radical (unpaired) electrons. The van der Waals surface area contributed by atoms with E-state index in [-0.39, 0.29) is 6.54 Å². The Morgan fingerprint density at radius 2 is 2.29 bits per heavy atom. The molecule has 0 saturated heterocycles. The van der Waals surface area contributed by atoms with Gasteiger partial charge >= 0.3 is 0 Å². The van der Waals surface area contributed by atoms with Crippen LogP contribution in [0.25, 0.3) is 11.6 Å². The van der Waals surface area contributed by atoms with E-state index in [0.29, 0.717) is 22.5 Å². The van der Waals surface area contributed by atoms with Gasteiger partial charge in [0.05, 0.1) is 6.54 Å². The molecule has 2 aromatic heterocycles. The Balaban J connectivity index is 2.39. The van der Waals surface area contributed by atoms with Gasteiger partial charge in [0.25, 0.3) is 5.89 Å². The van der Waals surface area contributed by atoms with Gasteiger partial charge in [0.2, 0.25) is 5.89 Å². The summed E-state index contributed by atoms with van der Waals surface area (Å²) in [6.45, 7) is 0.216. The lowest BCUT2D eigenvalue weighted by Crippen LogP contribution is -1.95. The van der Waals surface area contributed by atoms with Crippen LogP contribution in [0.5, 0.6) is 0 Å². The minimum Gasteiger partial charge on any atom is -0.418 e. The molecule has 0 bridgehead atoms. The Labute approximate surface area is 84.9 Å². The lowest BCUT2D eigenvalue weighted by Gasteiger charge is -1.93. The molecule has 0 spiro atoms. The quantitative estimate of drug-likeness (QED) is 0.807. The summed E-state index contributed by atoms with van der Waals surface area (Å²) in [5, 5.41) is 8.07. The van der Waals surface area contributed by atoms with Gasteiger partial charge in [-0.3, -0.25) is 4.98 Å². The number of nitrogens with two attached hydrogens (primary N) is 1. The minimum atomic E-state index is 0.216. The molecule has 0 unspecified atom stereocenters. The van der Waals surface area contributed by atoms with Gasteiger partial charge < -0.3 is 10.2 Å². The third kappa shape index (κ3) is 1.73. The molecule has 2 N–H and O–H groups in total. The second kappa shape index (κ2) is 3.73. The molecule has 0 aromatic carbocycles. The SMILES string of the molecule is NCc1nnc(-c2cc(Cl)ccn2)o1. The molecular weight excluding hydrogens is 204 g/mol. The van der Waals surface area contributed by atoms with Crippen molar-refractivity contribution in [1.82, 2.24) is 15.2 Å². The number of rotatable bonds is 2. The average Bonchev–Trinajstić information content (AvgIpc) is 2.66. The second-order valence-electron chi connectivity index (χ2n) is 2.56. The first-order valence-electron chi connectivity index (χ1n) is 3.94. The van der Waals surface area contributed by atoms with E-state index in [1.807, 2.05) is 0 Å². The predicted octanol–water partition coefficient (Wildman–Crippen LogP) is 1.24. The van der Waals surface area contributed by atoms with Crippen molar-refractivity contribution >= 4 is 11.6 Å². The predicted molar refractivity (Wildman–Crippen MR) is 50.4 cm³/mol. The molecule has 0 fully saturated rings. The van der Waals surface area contributed by atoms with Crippen molar-refractivity contribution in [3.63, 3.8) is 0 Å². The topological polar surface area (TPSA) is 77.8 Å². The van der Waals surface area contributed by atoms with Gasteiger partial charge in [-0.15, -0.1) is 10.2 Å². The summed E-state index contributed by atoms with van der Waals surface area (Å²) in [5.41, 5.74) is 5.87. The maximum absolute atomic E-state index is 5.78. The maximum Gasteiger partial charge on any atom is 0.266 e. The largest absolute Gasteiger partial charge is 0.418 e. The Bertz CT molecular complexity index is 442. The first-order chi connectivity index (χ1) is 6.79. The molecule has 0 amide bonds. The highest BCUT2D eigenvalue weighted by Crippen LogP contribution is 2.18. The van der Waals surface area contributed by atoms with E-state index in [2.05, 4.69) is 15.2 Å². The van der Waals surface area contributed by atoms with Crippen LogP contribution in [-0.2, 0) is 6.54 Å². The Morgan fingerprint density at radius 3 is 2.93 bits per heavy atom. The summed E-state index contributed by atoms with van der Waals surface area (Å²) in [4.78, 5) is 4.04. The zero-order chi connectivity index (χ0) is 9.97. The standard InChI is InChI=1S/C8H7ClN4O/c9-5-1-2-11-6(3-5)8-13-12-7(4-10)14-8/h1-3H,4,10H2. The fourth-order valence-corrected chi connectivity index (χ4v) is 1.12. The van der Waals surface area contributed by atoms with Crippen molar-refractivity contribution in [2.45, 2.75) is 6.54 Å². The highest BCUT2D eigenvalue weighted by atomic mass is 35.5. The monoisotopic (exact) mass is 210 g/mol. The summed E-state index contributed by atoms with van der Waals surface area (Å²) < 4.78 is 5.21. The maximum atomic E-state index is 5.78. The number of pyridine rings is 1. The molecule has 2 rings (SSSR count). The first kappa shape index (κ1) is 9.11. The third-order valence-corrected chi connectivity index (χ3v) is 1.82. The van der Waals surface area contributed by atoms with Gasteiger partial charge in [-0.25, -0.2) is 0 Å². The first-order valence-corrected chi connectivity index (χ1v) is 4.32. The Hall–Kier alpha value is -1.46. The third-order valence-electron chi connectivity index (χ3n) is 1.58. The number of hydrogen-bond acceptors (Lipinski definition) is 5. The average molecular weight is 211 g/mol. The number of halogens is 1. The Morgan fingerprint density at radius 1 is 1.43 bits per heavy atom. The highest BCUT2D eigenvalue weighted by molar-refractivity contribution is 6.30. The molecule has 5 nitrogen and oxygen atoms in total. The number of nitrogens with zero attached hydrogens (tertiary/aromatic N) is 3. The van der Waals surface area contributed by atoms with Gasteiger partial charge in [-0.2, -0.15) is 0 Å². The fourth-order valence-electron chi connectivity index (χ4n) is 0.961. The van der Waals surface area contributed by atoms with Crippen LogP contribution in [0.2, 0.25) is 5.02 Å². The van der Waals surface area contributed by atoms with Crippen molar-refractivity contribution in [2.75, 3.05) is 0 Å². The molecule has 0 aliphatic rings. The molecule has 2 heterocycles. The molecule has 0 saturated carbocycles. The molecular formula is C8H7ClN4O. The molecule has 0 aliphatic heterocycles. The summed E-state index contributed by atoms with van der Waals surface area (Å²) in [7, 11) is 0. The molecule has 14 heavy (non-hydrogen) atoms. The lowest BCUT2D eigenvalue weighted by atomic mass is 10.3. The summed E-state index contributed by atoms with van der Waals surface area (Å²) in [6.07, 6.45) is 1.57. The van der Waals surface area contributed by atoms with Crippen LogP contribution < -0.4 is 5.73 Å². The lowest BCUT2D eigenvalue weighted by molar-refractivity contribution is 0.507. The van der Waals surface area contributed by atoms with E-state index < -0.39 is 0 Å². The molecule has 6 heteroatoms. The smallest absolute Gasteiger partial charge is 0.266 e. The molecule has 72 valence electrons. The number of hydrogen-bond donors (Lipinski definition) is 1. The molecule has 2 aromatic rings. The normalized spacial score (nSPS) is 10.4. The number of aromatic nitrogens is 3. The zero-order valence-electron chi connectivity index (χ0n) is 7.14. The summed E-state index contributed by atoms with van der Waals surface area (Å²) >= 11 is 5.78. The van der Waals surface area contributed by atoms with E-state index >= 15 is 0 Å². The minimum absolute atomic E-state index is 0.216. The Kier molecular flexibility index (Phi) is 2.43. The fraction of sp³-hybridized carbons (Fsp3) is 0.125. The van der Waals surface area contributed by atoms with Crippen LogP contribution in [0.1, 0.15) is 5.89 Å². The van der Waals surface area contributed by atoms with Crippen LogP contribution in [-0.4, -0.2) is 15.2 Å². The van der Waals surface area contributed by atoms with Gasteiger partial charge in [0.15, 0.2) is 0 Å². The van der Waals surface area contributed by atoms with Crippen LogP contribution in [0.3, 0.4) is 0 Å². The van der Waals surface area contributed by atoms with Gasteiger partial charge in [-0.1, -0.05) is 11.6 Å². The molecule has 0 atom stereocenters.